The first-order chi connectivity index (χ1) is 10.1. The summed E-state index contributed by atoms with van der Waals surface area (Å²) in [7, 11) is -2.03. The minimum atomic E-state index is -3.54. The van der Waals surface area contributed by atoms with Gasteiger partial charge in [0.1, 0.15) is 5.75 Å². The number of methoxy groups -OCH3 is 1. The second kappa shape index (κ2) is 5.22. The van der Waals surface area contributed by atoms with Gasteiger partial charge in [0.15, 0.2) is 0 Å². The molecule has 0 radical (unpaired) electrons. The Kier molecular flexibility index (Phi) is 3.39. The van der Waals surface area contributed by atoms with E-state index in [1.165, 1.54) is 13.2 Å². The van der Waals surface area contributed by atoms with Gasteiger partial charge < -0.3 is 4.74 Å². The number of hydrogen-bond acceptors (Lipinski definition) is 3. The van der Waals surface area contributed by atoms with E-state index in [0.717, 1.165) is 10.8 Å². The molecule has 106 valence electrons. The van der Waals surface area contributed by atoms with E-state index in [-0.39, 0.29) is 9.79 Å². The van der Waals surface area contributed by atoms with Gasteiger partial charge in [0, 0.05) is 0 Å². The van der Waals surface area contributed by atoms with Crippen LogP contribution in [-0.4, -0.2) is 15.5 Å². The molecule has 3 rings (SSSR count). The van der Waals surface area contributed by atoms with Crippen molar-refractivity contribution in [3.8, 4) is 5.75 Å². The van der Waals surface area contributed by atoms with Gasteiger partial charge in [-0.2, -0.15) is 0 Å². The molecular weight excluding hydrogens is 284 g/mol. The minimum Gasteiger partial charge on any atom is -0.497 e. The molecular formula is C17H14O3S. The Hall–Kier alpha value is -2.33. The molecule has 0 fully saturated rings. The lowest BCUT2D eigenvalue weighted by atomic mass is 10.1. The molecule has 0 saturated carbocycles. The third kappa shape index (κ3) is 2.50. The van der Waals surface area contributed by atoms with Gasteiger partial charge in [-0.15, -0.1) is 0 Å². The highest BCUT2D eigenvalue weighted by atomic mass is 32.2. The Morgan fingerprint density at radius 3 is 2.24 bits per heavy atom. The van der Waals surface area contributed by atoms with Crippen LogP contribution in [0.15, 0.2) is 76.5 Å². The number of benzene rings is 3. The molecule has 3 aromatic rings. The summed E-state index contributed by atoms with van der Waals surface area (Å²) in [6.07, 6.45) is 0. The summed E-state index contributed by atoms with van der Waals surface area (Å²) in [5.41, 5.74) is 0. The number of sulfone groups is 1. The summed E-state index contributed by atoms with van der Waals surface area (Å²) in [5.74, 6) is 0.525. The molecule has 0 N–H and O–H groups in total. The van der Waals surface area contributed by atoms with Crippen molar-refractivity contribution in [3.63, 3.8) is 0 Å². The van der Waals surface area contributed by atoms with E-state index in [1.807, 2.05) is 30.3 Å². The van der Waals surface area contributed by atoms with Crippen molar-refractivity contribution >= 4 is 20.6 Å². The van der Waals surface area contributed by atoms with Crippen molar-refractivity contribution in [2.24, 2.45) is 0 Å². The summed E-state index contributed by atoms with van der Waals surface area (Å²) in [4.78, 5) is 0.520. The molecule has 4 heteroatoms. The van der Waals surface area contributed by atoms with Crippen LogP contribution >= 0.6 is 0 Å². The summed E-state index contributed by atoms with van der Waals surface area (Å²) in [6.45, 7) is 0. The zero-order valence-electron chi connectivity index (χ0n) is 11.5. The Morgan fingerprint density at radius 1 is 0.762 bits per heavy atom. The fourth-order valence-electron chi connectivity index (χ4n) is 2.24. The second-order valence-electron chi connectivity index (χ2n) is 4.69. The van der Waals surface area contributed by atoms with Crippen LogP contribution < -0.4 is 4.74 Å². The predicted molar refractivity (Wildman–Crippen MR) is 82.4 cm³/mol. The van der Waals surface area contributed by atoms with Gasteiger partial charge >= 0.3 is 0 Å². The molecule has 0 heterocycles. The maximum atomic E-state index is 12.7. The van der Waals surface area contributed by atoms with Crippen molar-refractivity contribution in [2.45, 2.75) is 9.79 Å². The largest absolute Gasteiger partial charge is 0.497 e. The lowest BCUT2D eigenvalue weighted by Gasteiger charge is -2.07. The van der Waals surface area contributed by atoms with Gasteiger partial charge in [0.05, 0.1) is 16.9 Å². The molecule has 0 aliphatic rings. The van der Waals surface area contributed by atoms with E-state index in [4.69, 9.17) is 4.74 Å². The molecule has 0 aliphatic heterocycles. The Labute approximate surface area is 123 Å². The van der Waals surface area contributed by atoms with Gasteiger partial charge in [-0.1, -0.05) is 36.4 Å². The van der Waals surface area contributed by atoms with Crippen molar-refractivity contribution in [1.29, 1.82) is 0 Å². The Morgan fingerprint density at radius 2 is 1.48 bits per heavy atom. The summed E-state index contributed by atoms with van der Waals surface area (Å²) >= 11 is 0. The molecule has 0 spiro atoms. The molecule has 0 atom stereocenters. The van der Waals surface area contributed by atoms with Gasteiger partial charge in [0.2, 0.25) is 9.84 Å². The highest BCUT2D eigenvalue weighted by molar-refractivity contribution is 7.91. The molecule has 0 bridgehead atoms. The first-order valence-electron chi connectivity index (χ1n) is 6.49. The number of rotatable bonds is 3. The second-order valence-corrected chi connectivity index (χ2v) is 6.64. The van der Waals surface area contributed by atoms with Gasteiger partial charge in [-0.05, 0) is 41.1 Å². The Bertz CT molecular complexity index is 899. The molecule has 3 aromatic carbocycles. The minimum absolute atomic E-state index is 0.233. The zero-order chi connectivity index (χ0) is 14.9. The monoisotopic (exact) mass is 298 g/mol. The predicted octanol–water partition coefficient (Wildman–Crippen LogP) is 3.68. The molecule has 0 saturated heterocycles. The van der Waals surface area contributed by atoms with E-state index in [0.29, 0.717) is 5.75 Å². The maximum absolute atomic E-state index is 12.7. The summed E-state index contributed by atoms with van der Waals surface area (Å²) in [6, 6.07) is 19.3. The van der Waals surface area contributed by atoms with Crippen LogP contribution in [0.4, 0.5) is 0 Å². The standard InChI is InChI=1S/C17H14O3S/c1-20-15-7-4-8-16(12-15)21(18,19)17-10-9-13-5-2-3-6-14(13)11-17/h2-12H,1H3. The zero-order valence-corrected chi connectivity index (χ0v) is 12.3. The molecule has 0 aliphatic carbocycles. The lowest BCUT2D eigenvalue weighted by Crippen LogP contribution is -2.02. The fraction of sp³-hybridized carbons (Fsp3) is 0.0588. The van der Waals surface area contributed by atoms with E-state index in [1.54, 1.807) is 30.3 Å². The quantitative estimate of drug-likeness (QED) is 0.741. The van der Waals surface area contributed by atoms with E-state index in [9.17, 15) is 8.42 Å². The highest BCUT2D eigenvalue weighted by Gasteiger charge is 2.18. The highest BCUT2D eigenvalue weighted by Crippen LogP contribution is 2.26. The molecule has 0 amide bonds. The van der Waals surface area contributed by atoms with Crippen LogP contribution in [0.25, 0.3) is 10.8 Å². The topological polar surface area (TPSA) is 43.4 Å². The van der Waals surface area contributed by atoms with Crippen LogP contribution in [0.5, 0.6) is 5.75 Å². The van der Waals surface area contributed by atoms with E-state index >= 15 is 0 Å². The first kappa shape index (κ1) is 13.6. The molecule has 21 heavy (non-hydrogen) atoms. The van der Waals surface area contributed by atoms with Crippen LogP contribution in [0.2, 0.25) is 0 Å². The third-order valence-corrected chi connectivity index (χ3v) is 5.13. The van der Waals surface area contributed by atoms with Crippen molar-refractivity contribution in [2.75, 3.05) is 7.11 Å². The van der Waals surface area contributed by atoms with Gasteiger partial charge in [0.25, 0.3) is 0 Å². The number of ether oxygens (including phenoxy) is 1. The SMILES string of the molecule is COc1cccc(S(=O)(=O)c2ccc3ccccc3c2)c1. The average molecular weight is 298 g/mol. The van der Waals surface area contributed by atoms with Gasteiger partial charge in [-0.3, -0.25) is 0 Å². The average Bonchev–Trinajstić information content (AvgIpc) is 2.54. The molecule has 0 unspecified atom stereocenters. The van der Waals surface area contributed by atoms with Crippen molar-refractivity contribution in [3.05, 3.63) is 66.7 Å². The third-order valence-electron chi connectivity index (χ3n) is 3.38. The van der Waals surface area contributed by atoms with Crippen LogP contribution in [0.1, 0.15) is 0 Å². The summed E-state index contributed by atoms with van der Waals surface area (Å²) in [5, 5.41) is 1.92. The van der Waals surface area contributed by atoms with Crippen molar-refractivity contribution < 1.29 is 13.2 Å². The van der Waals surface area contributed by atoms with Crippen LogP contribution in [0, 0.1) is 0 Å². The van der Waals surface area contributed by atoms with E-state index in [2.05, 4.69) is 0 Å². The smallest absolute Gasteiger partial charge is 0.206 e. The summed E-state index contributed by atoms with van der Waals surface area (Å²) < 4.78 is 30.5. The molecule has 3 nitrogen and oxygen atoms in total. The van der Waals surface area contributed by atoms with Crippen molar-refractivity contribution in [1.82, 2.24) is 0 Å². The van der Waals surface area contributed by atoms with Crippen LogP contribution in [-0.2, 0) is 9.84 Å². The maximum Gasteiger partial charge on any atom is 0.206 e. The first-order valence-corrected chi connectivity index (χ1v) is 7.97. The fourth-order valence-corrected chi connectivity index (χ4v) is 3.57. The normalized spacial score (nSPS) is 11.5. The molecule has 0 aromatic heterocycles. The lowest BCUT2D eigenvalue weighted by molar-refractivity contribution is 0.413. The van der Waals surface area contributed by atoms with Gasteiger partial charge in [-0.25, -0.2) is 8.42 Å². The number of hydrogen-bond donors (Lipinski definition) is 0. The number of fused-ring (bicyclic) bond motifs is 1. The van der Waals surface area contributed by atoms with Crippen LogP contribution in [0.3, 0.4) is 0 Å². The van der Waals surface area contributed by atoms with E-state index < -0.39 is 9.84 Å². The Balaban J connectivity index is 2.15.